The van der Waals surface area contributed by atoms with Gasteiger partial charge in [-0.05, 0) is 31.4 Å². The molecular formula is C19H23N5O3. The van der Waals surface area contributed by atoms with Crippen molar-refractivity contribution in [3.8, 4) is 0 Å². The average molecular weight is 369 g/mol. The number of imidazole rings is 2. The van der Waals surface area contributed by atoms with E-state index in [0.29, 0.717) is 35.9 Å². The molecule has 0 saturated carbocycles. The molecule has 4 aromatic rings. The first-order chi connectivity index (χ1) is 12.9. The molecular weight excluding hydrogens is 346 g/mol. The lowest BCUT2D eigenvalue weighted by molar-refractivity contribution is 0.488. The van der Waals surface area contributed by atoms with E-state index in [4.69, 9.17) is 4.42 Å². The van der Waals surface area contributed by atoms with Crippen molar-refractivity contribution in [2.24, 2.45) is 13.0 Å². The second kappa shape index (κ2) is 6.29. The monoisotopic (exact) mass is 369 g/mol. The van der Waals surface area contributed by atoms with Gasteiger partial charge in [-0.25, -0.2) is 4.79 Å². The molecule has 0 aromatic carbocycles. The van der Waals surface area contributed by atoms with E-state index in [-0.39, 0.29) is 11.2 Å². The van der Waals surface area contributed by atoms with Gasteiger partial charge in [0.1, 0.15) is 5.76 Å². The van der Waals surface area contributed by atoms with Crippen molar-refractivity contribution in [1.29, 1.82) is 0 Å². The van der Waals surface area contributed by atoms with Crippen LogP contribution in [0.5, 0.6) is 0 Å². The molecule has 8 heteroatoms. The van der Waals surface area contributed by atoms with Gasteiger partial charge in [0.25, 0.3) is 5.56 Å². The predicted octanol–water partition coefficient (Wildman–Crippen LogP) is 2.15. The second-order valence-corrected chi connectivity index (χ2v) is 7.37. The van der Waals surface area contributed by atoms with Crippen molar-refractivity contribution < 1.29 is 4.42 Å². The van der Waals surface area contributed by atoms with E-state index in [1.165, 1.54) is 9.13 Å². The molecule has 0 aliphatic heterocycles. The first kappa shape index (κ1) is 17.4. The molecule has 0 atom stereocenters. The van der Waals surface area contributed by atoms with E-state index in [2.05, 4.69) is 18.8 Å². The quantitative estimate of drug-likeness (QED) is 0.540. The molecule has 0 bridgehead atoms. The van der Waals surface area contributed by atoms with Crippen LogP contribution in [0.3, 0.4) is 0 Å². The lowest BCUT2D eigenvalue weighted by atomic mass is 10.1. The fourth-order valence-electron chi connectivity index (χ4n) is 3.39. The zero-order valence-corrected chi connectivity index (χ0v) is 16.0. The molecule has 0 fully saturated rings. The Bertz CT molecular complexity index is 1230. The van der Waals surface area contributed by atoms with Crippen LogP contribution in [0.25, 0.3) is 16.9 Å². The summed E-state index contributed by atoms with van der Waals surface area (Å²) in [6, 6.07) is 3.73. The van der Waals surface area contributed by atoms with Crippen molar-refractivity contribution in [2.45, 2.75) is 40.3 Å². The summed E-state index contributed by atoms with van der Waals surface area (Å²) in [7, 11) is 1.66. The first-order valence-corrected chi connectivity index (χ1v) is 9.08. The Morgan fingerprint density at radius 1 is 1.22 bits per heavy atom. The summed E-state index contributed by atoms with van der Waals surface area (Å²) in [5.41, 5.74) is 1.16. The van der Waals surface area contributed by atoms with Crippen molar-refractivity contribution >= 4 is 16.9 Å². The average Bonchev–Trinajstić information content (AvgIpc) is 3.31. The fourth-order valence-corrected chi connectivity index (χ4v) is 3.39. The normalized spacial score (nSPS) is 12.0. The van der Waals surface area contributed by atoms with Crippen LogP contribution >= 0.6 is 0 Å². The van der Waals surface area contributed by atoms with E-state index < -0.39 is 0 Å². The molecule has 8 nitrogen and oxygen atoms in total. The Morgan fingerprint density at radius 3 is 2.67 bits per heavy atom. The summed E-state index contributed by atoms with van der Waals surface area (Å²) in [4.78, 5) is 30.4. The smallest absolute Gasteiger partial charge is 0.332 e. The molecule has 142 valence electrons. The molecule has 0 N–H and O–H groups in total. The largest absolute Gasteiger partial charge is 0.467 e. The molecule has 0 saturated heterocycles. The minimum Gasteiger partial charge on any atom is -0.467 e. The first-order valence-electron chi connectivity index (χ1n) is 9.08. The Morgan fingerprint density at radius 2 is 2.00 bits per heavy atom. The van der Waals surface area contributed by atoms with Crippen molar-refractivity contribution in [3.05, 3.63) is 56.9 Å². The van der Waals surface area contributed by atoms with E-state index in [9.17, 15) is 9.59 Å². The van der Waals surface area contributed by atoms with E-state index in [1.54, 1.807) is 17.7 Å². The van der Waals surface area contributed by atoms with Gasteiger partial charge in [-0.15, -0.1) is 0 Å². The molecule has 0 spiro atoms. The van der Waals surface area contributed by atoms with Crippen LogP contribution in [0.15, 0.2) is 38.6 Å². The second-order valence-electron chi connectivity index (χ2n) is 7.37. The number of hydrogen-bond acceptors (Lipinski definition) is 4. The number of nitrogens with zero attached hydrogens (tertiary/aromatic N) is 5. The lowest BCUT2D eigenvalue weighted by Gasteiger charge is -2.09. The topological polar surface area (TPSA) is 79.4 Å². The van der Waals surface area contributed by atoms with Gasteiger partial charge < -0.3 is 8.98 Å². The highest BCUT2D eigenvalue weighted by molar-refractivity contribution is 5.75. The maximum atomic E-state index is 13.1. The maximum Gasteiger partial charge on any atom is 0.332 e. The Kier molecular flexibility index (Phi) is 4.05. The van der Waals surface area contributed by atoms with Crippen LogP contribution in [-0.4, -0.2) is 23.1 Å². The molecule has 0 aliphatic carbocycles. The van der Waals surface area contributed by atoms with Crippen LogP contribution in [0.1, 0.15) is 31.7 Å². The van der Waals surface area contributed by atoms with Crippen LogP contribution < -0.4 is 11.2 Å². The highest BCUT2D eigenvalue weighted by atomic mass is 16.3. The maximum absolute atomic E-state index is 13.1. The van der Waals surface area contributed by atoms with Gasteiger partial charge in [-0.2, -0.15) is 4.98 Å². The number of aryl methyl sites for hydroxylation is 2. The summed E-state index contributed by atoms with van der Waals surface area (Å²) >= 11 is 0. The van der Waals surface area contributed by atoms with Crippen LogP contribution in [-0.2, 0) is 20.1 Å². The molecule has 27 heavy (non-hydrogen) atoms. The summed E-state index contributed by atoms with van der Waals surface area (Å²) < 4.78 is 12.0. The summed E-state index contributed by atoms with van der Waals surface area (Å²) in [5, 5.41) is 0. The number of fused-ring (bicyclic) bond motifs is 3. The third-order valence-corrected chi connectivity index (χ3v) is 4.96. The Labute approximate surface area is 155 Å². The molecule has 4 heterocycles. The fraction of sp³-hybridized carbons (Fsp3) is 0.421. The van der Waals surface area contributed by atoms with Crippen molar-refractivity contribution in [1.82, 2.24) is 23.1 Å². The summed E-state index contributed by atoms with van der Waals surface area (Å²) in [5.74, 6) is 1.82. The molecule has 0 amide bonds. The molecule has 4 rings (SSSR count). The highest BCUT2D eigenvalue weighted by Gasteiger charge is 2.20. The van der Waals surface area contributed by atoms with Gasteiger partial charge in [0.15, 0.2) is 11.2 Å². The summed E-state index contributed by atoms with van der Waals surface area (Å²) in [6.45, 7) is 7.02. The van der Waals surface area contributed by atoms with Crippen LogP contribution in [0, 0.1) is 12.8 Å². The minimum absolute atomic E-state index is 0.295. The van der Waals surface area contributed by atoms with Gasteiger partial charge >= 0.3 is 5.69 Å². The Balaban J connectivity index is 1.96. The standard InChI is InChI=1S/C19H23N5O3/c1-12(2)7-8-22-17(25)15-16(21(4)19(22)26)20-18-23(13(3)10-24(15)18)11-14-6-5-9-27-14/h5-6,9-10,12H,7-8,11H2,1-4H3. The molecule has 0 unspecified atom stereocenters. The van der Waals surface area contributed by atoms with Gasteiger partial charge in [0, 0.05) is 25.5 Å². The zero-order chi connectivity index (χ0) is 19.3. The van der Waals surface area contributed by atoms with Gasteiger partial charge in [0.05, 0.1) is 12.8 Å². The van der Waals surface area contributed by atoms with Crippen LogP contribution in [0.4, 0.5) is 0 Å². The van der Waals surface area contributed by atoms with E-state index >= 15 is 0 Å². The molecule has 0 radical (unpaired) electrons. The van der Waals surface area contributed by atoms with E-state index in [0.717, 1.165) is 17.9 Å². The highest BCUT2D eigenvalue weighted by Crippen LogP contribution is 2.18. The zero-order valence-electron chi connectivity index (χ0n) is 16.0. The number of hydrogen-bond donors (Lipinski definition) is 0. The van der Waals surface area contributed by atoms with Gasteiger partial charge in [-0.1, -0.05) is 13.8 Å². The molecule has 0 aliphatic rings. The van der Waals surface area contributed by atoms with E-state index in [1.807, 2.05) is 29.8 Å². The SMILES string of the molecule is Cc1cn2c3c(=O)n(CCC(C)C)c(=O)n(C)c3nc2n1Cc1ccco1. The van der Waals surface area contributed by atoms with Gasteiger partial charge in [0.2, 0.25) is 5.78 Å². The summed E-state index contributed by atoms with van der Waals surface area (Å²) in [6.07, 6.45) is 4.28. The Hall–Kier alpha value is -3.03. The predicted molar refractivity (Wildman–Crippen MR) is 102 cm³/mol. The molecule has 4 aromatic heterocycles. The minimum atomic E-state index is -0.330. The number of furan rings is 1. The van der Waals surface area contributed by atoms with Crippen LogP contribution in [0.2, 0.25) is 0 Å². The van der Waals surface area contributed by atoms with Gasteiger partial charge in [-0.3, -0.25) is 18.3 Å². The van der Waals surface area contributed by atoms with Crippen molar-refractivity contribution in [3.63, 3.8) is 0 Å². The third kappa shape index (κ3) is 2.72. The lowest BCUT2D eigenvalue weighted by Crippen LogP contribution is -2.39. The number of aromatic nitrogens is 5. The number of rotatable bonds is 5. The third-order valence-electron chi connectivity index (χ3n) is 4.96. The van der Waals surface area contributed by atoms with Crippen molar-refractivity contribution in [2.75, 3.05) is 0 Å².